The maximum absolute atomic E-state index is 5.73. The van der Waals surface area contributed by atoms with Gasteiger partial charge in [-0.15, -0.1) is 0 Å². The van der Waals surface area contributed by atoms with E-state index in [0.29, 0.717) is 6.04 Å². The Hall–Kier alpha value is -1.02. The van der Waals surface area contributed by atoms with Crippen molar-refractivity contribution in [3.8, 4) is 5.75 Å². The molecule has 1 saturated carbocycles. The topological polar surface area (TPSA) is 21.3 Å². The van der Waals surface area contributed by atoms with Gasteiger partial charge in [-0.2, -0.15) is 0 Å². The fourth-order valence-electron chi connectivity index (χ4n) is 3.71. The number of hydrogen-bond acceptors (Lipinski definition) is 2. The molecule has 3 rings (SSSR count). The van der Waals surface area contributed by atoms with Crippen molar-refractivity contribution in [2.75, 3.05) is 13.2 Å². The van der Waals surface area contributed by atoms with Crippen molar-refractivity contribution >= 4 is 0 Å². The second kappa shape index (κ2) is 6.62. The lowest BCUT2D eigenvalue weighted by atomic mass is 9.80. The molecule has 0 saturated heterocycles. The molecule has 1 fully saturated rings. The molecule has 2 nitrogen and oxygen atoms in total. The molecule has 0 aromatic heterocycles. The Morgan fingerprint density at radius 3 is 2.60 bits per heavy atom. The fourth-order valence-corrected chi connectivity index (χ4v) is 3.71. The van der Waals surface area contributed by atoms with Crippen molar-refractivity contribution in [3.05, 3.63) is 29.8 Å². The van der Waals surface area contributed by atoms with Gasteiger partial charge >= 0.3 is 0 Å². The van der Waals surface area contributed by atoms with Crippen molar-refractivity contribution in [2.45, 2.75) is 51.5 Å². The van der Waals surface area contributed by atoms with E-state index in [4.69, 9.17) is 4.74 Å². The monoisotopic (exact) mass is 273 g/mol. The highest BCUT2D eigenvalue weighted by atomic mass is 16.5. The molecule has 1 aliphatic carbocycles. The van der Waals surface area contributed by atoms with E-state index in [1.807, 2.05) is 0 Å². The maximum Gasteiger partial charge on any atom is 0.124 e. The van der Waals surface area contributed by atoms with Crippen molar-refractivity contribution in [3.63, 3.8) is 0 Å². The minimum Gasteiger partial charge on any atom is -0.493 e. The van der Waals surface area contributed by atoms with Crippen LogP contribution in [0.15, 0.2) is 24.3 Å². The first-order valence-electron chi connectivity index (χ1n) is 8.32. The van der Waals surface area contributed by atoms with E-state index in [1.165, 1.54) is 44.2 Å². The zero-order valence-electron chi connectivity index (χ0n) is 12.6. The van der Waals surface area contributed by atoms with Crippen LogP contribution in [0, 0.1) is 11.8 Å². The Morgan fingerprint density at radius 1 is 1.05 bits per heavy atom. The molecule has 1 aromatic rings. The lowest BCUT2D eigenvalue weighted by molar-refractivity contribution is 0.227. The summed E-state index contributed by atoms with van der Waals surface area (Å²) in [6.45, 7) is 4.36. The molecule has 1 heterocycles. The lowest BCUT2D eigenvalue weighted by Crippen LogP contribution is -2.32. The third-order valence-electron chi connectivity index (χ3n) is 5.16. The van der Waals surface area contributed by atoms with Crippen LogP contribution in [0.25, 0.3) is 0 Å². The van der Waals surface area contributed by atoms with Gasteiger partial charge in [0.15, 0.2) is 0 Å². The van der Waals surface area contributed by atoms with Crippen molar-refractivity contribution in [1.82, 2.24) is 5.32 Å². The standard InChI is InChI=1S/C18H27NO/c1-2-14-7-9-15(10-8-14)13-19-17-11-12-20-18-6-4-3-5-16(17)18/h3-6,14-15,17,19H,2,7-13H2,1H3. The summed E-state index contributed by atoms with van der Waals surface area (Å²) in [4.78, 5) is 0. The van der Waals surface area contributed by atoms with E-state index in [9.17, 15) is 0 Å². The predicted molar refractivity (Wildman–Crippen MR) is 83.0 cm³/mol. The molecule has 1 unspecified atom stereocenters. The van der Waals surface area contributed by atoms with Crippen molar-refractivity contribution in [1.29, 1.82) is 0 Å². The van der Waals surface area contributed by atoms with E-state index in [1.54, 1.807) is 0 Å². The summed E-state index contributed by atoms with van der Waals surface area (Å²) in [5, 5.41) is 3.80. The van der Waals surface area contributed by atoms with E-state index in [-0.39, 0.29) is 0 Å². The van der Waals surface area contributed by atoms with Gasteiger partial charge in [0.1, 0.15) is 5.75 Å². The van der Waals surface area contributed by atoms with Crippen LogP contribution >= 0.6 is 0 Å². The lowest BCUT2D eigenvalue weighted by Gasteiger charge is -2.31. The van der Waals surface area contributed by atoms with Crippen molar-refractivity contribution < 1.29 is 4.74 Å². The average molecular weight is 273 g/mol. The summed E-state index contributed by atoms with van der Waals surface area (Å²) in [7, 11) is 0. The molecule has 0 spiro atoms. The predicted octanol–water partition coefficient (Wildman–Crippen LogP) is 4.32. The minimum absolute atomic E-state index is 0.490. The third kappa shape index (κ3) is 3.17. The molecule has 1 N–H and O–H groups in total. The van der Waals surface area contributed by atoms with Crippen LogP contribution in [0.4, 0.5) is 0 Å². The van der Waals surface area contributed by atoms with E-state index < -0.39 is 0 Å². The normalized spacial score (nSPS) is 29.6. The van der Waals surface area contributed by atoms with Gasteiger partial charge < -0.3 is 10.1 Å². The fraction of sp³-hybridized carbons (Fsp3) is 0.667. The highest BCUT2D eigenvalue weighted by Crippen LogP contribution is 2.33. The van der Waals surface area contributed by atoms with Crippen LogP contribution in [-0.4, -0.2) is 13.2 Å². The highest BCUT2D eigenvalue weighted by molar-refractivity contribution is 5.37. The van der Waals surface area contributed by atoms with Gasteiger partial charge in [0, 0.05) is 18.0 Å². The number of nitrogens with one attached hydrogen (secondary N) is 1. The largest absolute Gasteiger partial charge is 0.493 e. The number of para-hydroxylation sites is 1. The minimum atomic E-state index is 0.490. The number of fused-ring (bicyclic) bond motifs is 1. The zero-order chi connectivity index (χ0) is 13.8. The molecule has 1 aliphatic heterocycles. The molecule has 2 heteroatoms. The Morgan fingerprint density at radius 2 is 1.80 bits per heavy atom. The highest BCUT2D eigenvalue weighted by Gasteiger charge is 2.24. The Bertz CT molecular complexity index is 423. The summed E-state index contributed by atoms with van der Waals surface area (Å²) >= 11 is 0. The first kappa shape index (κ1) is 13.9. The second-order valence-corrected chi connectivity index (χ2v) is 6.43. The van der Waals surface area contributed by atoms with Gasteiger partial charge in [0.05, 0.1) is 6.61 Å². The summed E-state index contributed by atoms with van der Waals surface area (Å²) in [5.41, 5.74) is 1.35. The molecule has 1 aromatic carbocycles. The smallest absolute Gasteiger partial charge is 0.124 e. The Kier molecular flexibility index (Phi) is 4.62. The zero-order valence-corrected chi connectivity index (χ0v) is 12.6. The van der Waals surface area contributed by atoms with Gasteiger partial charge in [0.25, 0.3) is 0 Å². The molecule has 1 atom stereocenters. The van der Waals surface area contributed by atoms with Gasteiger partial charge in [-0.3, -0.25) is 0 Å². The van der Waals surface area contributed by atoms with Gasteiger partial charge in [0.2, 0.25) is 0 Å². The number of rotatable bonds is 4. The second-order valence-electron chi connectivity index (χ2n) is 6.43. The Labute approximate surface area is 122 Å². The SMILES string of the molecule is CCC1CCC(CNC2CCOc3ccccc32)CC1. The number of benzene rings is 1. The summed E-state index contributed by atoms with van der Waals surface area (Å²) in [6, 6.07) is 8.97. The van der Waals surface area contributed by atoms with Gasteiger partial charge in [-0.25, -0.2) is 0 Å². The van der Waals surface area contributed by atoms with E-state index in [0.717, 1.165) is 30.6 Å². The van der Waals surface area contributed by atoms with Gasteiger partial charge in [-0.05, 0) is 37.3 Å². The Balaban J connectivity index is 1.52. The van der Waals surface area contributed by atoms with Gasteiger partial charge in [-0.1, -0.05) is 44.4 Å². The number of hydrogen-bond donors (Lipinski definition) is 1. The molecular formula is C18H27NO. The third-order valence-corrected chi connectivity index (χ3v) is 5.16. The van der Waals surface area contributed by atoms with Crippen LogP contribution in [0.3, 0.4) is 0 Å². The maximum atomic E-state index is 5.73. The first-order valence-corrected chi connectivity index (χ1v) is 8.32. The van der Waals surface area contributed by atoms with Crippen molar-refractivity contribution in [2.24, 2.45) is 11.8 Å². The molecule has 20 heavy (non-hydrogen) atoms. The summed E-state index contributed by atoms with van der Waals surface area (Å²) in [5.74, 6) is 2.95. The van der Waals surface area contributed by atoms with E-state index >= 15 is 0 Å². The van der Waals surface area contributed by atoms with Crippen LogP contribution < -0.4 is 10.1 Å². The average Bonchev–Trinajstić information content (AvgIpc) is 2.53. The first-order chi connectivity index (χ1) is 9.86. The molecule has 110 valence electrons. The summed E-state index contributed by atoms with van der Waals surface area (Å²) < 4.78 is 5.73. The molecule has 0 bridgehead atoms. The molecular weight excluding hydrogens is 246 g/mol. The van der Waals surface area contributed by atoms with Crippen LogP contribution in [0.5, 0.6) is 5.75 Å². The van der Waals surface area contributed by atoms with Crippen LogP contribution in [-0.2, 0) is 0 Å². The molecule has 0 radical (unpaired) electrons. The number of ether oxygens (including phenoxy) is 1. The van der Waals surface area contributed by atoms with E-state index in [2.05, 4.69) is 36.5 Å². The van der Waals surface area contributed by atoms with Crippen LogP contribution in [0.1, 0.15) is 57.1 Å². The van der Waals surface area contributed by atoms with Crippen LogP contribution in [0.2, 0.25) is 0 Å². The molecule has 0 amide bonds. The molecule has 2 aliphatic rings. The quantitative estimate of drug-likeness (QED) is 0.882. The summed E-state index contributed by atoms with van der Waals surface area (Å²) in [6.07, 6.45) is 8.17.